The Bertz CT molecular complexity index is 1990. The Hall–Kier alpha value is -5.02. The molecule has 0 atom stereocenters. The molecule has 3 N–H and O–H groups in total. The second kappa shape index (κ2) is 14.3. The molecular weight excluding hydrogens is 675 g/mol. The van der Waals surface area contributed by atoms with E-state index in [0.29, 0.717) is 29.1 Å². The highest BCUT2D eigenvalue weighted by atomic mass is 32.2. The van der Waals surface area contributed by atoms with Crippen LogP contribution in [0.25, 0.3) is 22.5 Å². The SMILES string of the molecule is COc1ccc(Cn2nnc(-c3ccccc3-c3ccc(C4(NC(=O)OC(C)(C)C)CCN(C(=O)OC(C)(C)C)CC4)c(S(N)(=O)=O)c3)n2)cc1. The number of primary sulfonamides is 1. The highest BCUT2D eigenvalue weighted by Crippen LogP contribution is 2.40. The minimum atomic E-state index is -4.34. The number of benzene rings is 3. The molecule has 272 valence electrons. The summed E-state index contributed by atoms with van der Waals surface area (Å²) in [5, 5.41) is 22.0. The lowest BCUT2D eigenvalue weighted by Gasteiger charge is -2.43. The van der Waals surface area contributed by atoms with Crippen LogP contribution in [0.4, 0.5) is 9.59 Å². The maximum Gasteiger partial charge on any atom is 0.410 e. The number of methoxy groups -OCH3 is 1. The van der Waals surface area contributed by atoms with Crippen LogP contribution in [0.1, 0.15) is 65.5 Å². The molecule has 4 aromatic rings. The van der Waals surface area contributed by atoms with Gasteiger partial charge in [-0.2, -0.15) is 4.80 Å². The Morgan fingerprint density at radius 2 is 1.53 bits per heavy atom. The molecular formula is C36H45N7O7S. The first kappa shape index (κ1) is 37.2. The number of aromatic nitrogens is 4. The number of sulfonamides is 1. The van der Waals surface area contributed by atoms with Crippen LogP contribution in [0.5, 0.6) is 5.75 Å². The van der Waals surface area contributed by atoms with Gasteiger partial charge in [0.25, 0.3) is 0 Å². The summed E-state index contributed by atoms with van der Waals surface area (Å²) < 4.78 is 43.1. The molecule has 0 bridgehead atoms. The van der Waals surface area contributed by atoms with Crippen molar-refractivity contribution in [2.75, 3.05) is 20.2 Å². The number of carbonyl (C=O) groups excluding carboxylic acids is 2. The van der Waals surface area contributed by atoms with Crippen LogP contribution < -0.4 is 15.2 Å². The highest BCUT2D eigenvalue weighted by Gasteiger charge is 2.43. The Labute approximate surface area is 298 Å². The van der Waals surface area contributed by atoms with Gasteiger partial charge < -0.3 is 24.4 Å². The van der Waals surface area contributed by atoms with Crippen molar-refractivity contribution in [3.05, 3.63) is 77.9 Å². The van der Waals surface area contributed by atoms with E-state index in [1.807, 2.05) is 48.5 Å². The van der Waals surface area contributed by atoms with Crippen LogP contribution >= 0.6 is 0 Å². The summed E-state index contributed by atoms with van der Waals surface area (Å²) in [6.07, 6.45) is -0.885. The number of tetrazole rings is 1. The van der Waals surface area contributed by atoms with Crippen LogP contribution in [0.2, 0.25) is 0 Å². The van der Waals surface area contributed by atoms with Crippen molar-refractivity contribution in [1.29, 1.82) is 0 Å². The lowest BCUT2D eigenvalue weighted by molar-refractivity contribution is 0.0112. The van der Waals surface area contributed by atoms with E-state index in [2.05, 4.69) is 20.7 Å². The molecule has 3 aromatic carbocycles. The van der Waals surface area contributed by atoms with Crippen LogP contribution in [0.3, 0.4) is 0 Å². The van der Waals surface area contributed by atoms with E-state index in [9.17, 15) is 18.0 Å². The predicted octanol–water partition coefficient (Wildman–Crippen LogP) is 5.46. The maximum atomic E-state index is 13.3. The number of alkyl carbamates (subject to hydrolysis) is 1. The molecule has 14 nitrogen and oxygen atoms in total. The number of nitrogens with two attached hydrogens (primary N) is 1. The number of amides is 2. The Morgan fingerprint density at radius 3 is 2.12 bits per heavy atom. The third-order valence-electron chi connectivity index (χ3n) is 8.23. The Morgan fingerprint density at radius 1 is 0.902 bits per heavy atom. The summed E-state index contributed by atoms with van der Waals surface area (Å²) in [5.74, 6) is 1.08. The molecule has 0 unspecified atom stereocenters. The number of nitrogens with one attached hydrogen (secondary N) is 1. The topological polar surface area (TPSA) is 181 Å². The first-order valence-corrected chi connectivity index (χ1v) is 18.1. The lowest BCUT2D eigenvalue weighted by Crippen LogP contribution is -2.55. The maximum absolute atomic E-state index is 13.3. The third kappa shape index (κ3) is 9.21. The highest BCUT2D eigenvalue weighted by molar-refractivity contribution is 7.89. The number of nitrogens with zero attached hydrogens (tertiary/aromatic N) is 5. The van der Waals surface area contributed by atoms with Crippen LogP contribution in [-0.4, -0.2) is 77.1 Å². The van der Waals surface area contributed by atoms with Gasteiger partial charge >= 0.3 is 12.2 Å². The summed E-state index contributed by atoms with van der Waals surface area (Å²) in [5.41, 5.74) is 0.273. The number of likely N-dealkylation sites (tertiary alicyclic amines) is 1. The molecule has 1 fully saturated rings. The average Bonchev–Trinajstić information content (AvgIpc) is 3.51. The number of hydrogen-bond acceptors (Lipinski definition) is 10. The van der Waals surface area contributed by atoms with Crippen LogP contribution in [0, 0.1) is 0 Å². The molecule has 0 radical (unpaired) electrons. The molecule has 0 spiro atoms. The van der Waals surface area contributed by atoms with Gasteiger partial charge in [0.2, 0.25) is 15.8 Å². The zero-order valence-corrected chi connectivity index (χ0v) is 30.8. The van der Waals surface area contributed by atoms with Crippen molar-refractivity contribution in [3.8, 4) is 28.3 Å². The monoisotopic (exact) mass is 719 g/mol. The smallest absolute Gasteiger partial charge is 0.410 e. The first-order chi connectivity index (χ1) is 23.9. The van der Waals surface area contributed by atoms with Gasteiger partial charge in [0.05, 0.1) is 24.1 Å². The zero-order valence-electron chi connectivity index (χ0n) is 30.0. The number of piperidine rings is 1. The van der Waals surface area contributed by atoms with Gasteiger partial charge in [-0.25, -0.2) is 23.1 Å². The first-order valence-electron chi connectivity index (χ1n) is 16.5. The fourth-order valence-electron chi connectivity index (χ4n) is 5.92. The molecule has 51 heavy (non-hydrogen) atoms. The van der Waals surface area contributed by atoms with E-state index < -0.39 is 39.0 Å². The van der Waals surface area contributed by atoms with Crippen molar-refractivity contribution in [3.63, 3.8) is 0 Å². The van der Waals surface area contributed by atoms with Crippen molar-refractivity contribution in [2.45, 2.75) is 82.6 Å². The molecule has 1 aliphatic heterocycles. The van der Waals surface area contributed by atoms with E-state index >= 15 is 0 Å². The van der Waals surface area contributed by atoms with Gasteiger partial charge in [0, 0.05) is 18.7 Å². The molecule has 1 aromatic heterocycles. The molecule has 1 aliphatic rings. The van der Waals surface area contributed by atoms with Gasteiger partial charge in [0.1, 0.15) is 17.0 Å². The van der Waals surface area contributed by atoms with Crippen LogP contribution in [0.15, 0.2) is 71.6 Å². The number of ether oxygens (including phenoxy) is 3. The Kier molecular flexibility index (Phi) is 10.4. The van der Waals surface area contributed by atoms with E-state index in [4.69, 9.17) is 19.3 Å². The van der Waals surface area contributed by atoms with Crippen molar-refractivity contribution in [2.24, 2.45) is 5.14 Å². The van der Waals surface area contributed by atoms with Crippen LogP contribution in [-0.2, 0) is 31.6 Å². The second-order valence-corrected chi connectivity index (χ2v) is 16.0. The van der Waals surface area contributed by atoms with Crippen molar-refractivity contribution >= 4 is 22.2 Å². The van der Waals surface area contributed by atoms with Crippen molar-refractivity contribution < 1.29 is 32.2 Å². The fraction of sp³-hybridized carbons (Fsp3) is 0.417. The normalized spacial score (nSPS) is 14.9. The zero-order chi connectivity index (χ0) is 37.2. The van der Waals surface area contributed by atoms with E-state index in [1.165, 1.54) is 15.8 Å². The number of rotatable bonds is 8. The third-order valence-corrected chi connectivity index (χ3v) is 9.18. The second-order valence-electron chi connectivity index (χ2n) is 14.5. The predicted molar refractivity (Wildman–Crippen MR) is 190 cm³/mol. The summed E-state index contributed by atoms with van der Waals surface area (Å²) in [6, 6.07) is 19.8. The number of hydrogen-bond donors (Lipinski definition) is 2. The number of carbonyl (C=O) groups is 2. The lowest BCUT2D eigenvalue weighted by atomic mass is 9.80. The minimum Gasteiger partial charge on any atom is -0.497 e. The van der Waals surface area contributed by atoms with Gasteiger partial charge in [-0.1, -0.05) is 48.5 Å². The Balaban J connectivity index is 1.52. The van der Waals surface area contributed by atoms with Gasteiger partial charge in [-0.15, -0.1) is 10.2 Å². The van der Waals surface area contributed by atoms with Crippen molar-refractivity contribution in [1.82, 2.24) is 30.4 Å². The standard InChI is InChI=1S/C36H45N7O7S/c1-34(2,3)49-32(44)38-36(18-20-42(21-19-36)33(45)50-35(4,5)6)29-17-14-25(22-30(29)51(37,46)47)27-10-8-9-11-28(27)31-39-41-43(40-31)23-24-12-15-26(48-7)16-13-24/h8-17,22H,18-21,23H2,1-7H3,(H,38,44)(H2,37,46,47). The quantitative estimate of drug-likeness (QED) is 0.237. The molecule has 2 amide bonds. The summed E-state index contributed by atoms with van der Waals surface area (Å²) in [6.45, 7) is 11.3. The average molecular weight is 720 g/mol. The minimum absolute atomic E-state index is 0.172. The summed E-state index contributed by atoms with van der Waals surface area (Å²) in [4.78, 5) is 29.0. The van der Waals surface area contributed by atoms with E-state index in [0.717, 1.165) is 11.3 Å². The summed E-state index contributed by atoms with van der Waals surface area (Å²) in [7, 11) is -2.74. The molecule has 0 saturated carbocycles. The fourth-order valence-corrected chi connectivity index (χ4v) is 6.78. The van der Waals surface area contributed by atoms with E-state index in [1.54, 1.807) is 60.8 Å². The molecule has 2 heterocycles. The largest absolute Gasteiger partial charge is 0.497 e. The van der Waals surface area contributed by atoms with Gasteiger partial charge in [-0.05, 0) is 100 Å². The molecule has 15 heteroatoms. The molecule has 5 rings (SSSR count). The van der Waals surface area contributed by atoms with Gasteiger partial charge in [0.15, 0.2) is 0 Å². The molecule has 1 saturated heterocycles. The summed E-state index contributed by atoms with van der Waals surface area (Å²) >= 11 is 0. The van der Waals surface area contributed by atoms with Gasteiger partial charge in [-0.3, -0.25) is 0 Å². The van der Waals surface area contributed by atoms with E-state index in [-0.39, 0.29) is 36.4 Å². The molecule has 0 aliphatic carbocycles.